The first-order valence-corrected chi connectivity index (χ1v) is 12.1. The molecule has 0 saturated carbocycles. The lowest BCUT2D eigenvalue weighted by Gasteiger charge is -2.48. The number of rotatable bonds is 4. The maximum Gasteiger partial charge on any atom is 0.260 e. The molecule has 0 bridgehead atoms. The molecule has 0 atom stereocenters. The van der Waals surface area contributed by atoms with Crippen LogP contribution in [0.15, 0.2) is 29.6 Å². The maximum atomic E-state index is 12.7. The number of nitrogens with zero attached hydrogens (tertiary/aromatic N) is 6. The van der Waals surface area contributed by atoms with Gasteiger partial charge in [0.25, 0.3) is 5.56 Å². The molecule has 0 amide bonds. The van der Waals surface area contributed by atoms with Crippen LogP contribution in [0.3, 0.4) is 0 Å². The van der Waals surface area contributed by atoms with E-state index in [0.29, 0.717) is 16.9 Å². The highest BCUT2D eigenvalue weighted by atomic mass is 32.1. The molecule has 5 rings (SSSR count). The molecule has 0 spiro atoms. The number of thiazole rings is 2. The van der Waals surface area contributed by atoms with Gasteiger partial charge in [-0.25, -0.2) is 19.5 Å². The number of piperidine rings is 1. The fraction of sp³-hybridized carbons (Fsp3) is 0.476. The lowest BCUT2D eigenvalue weighted by Crippen LogP contribution is -2.61. The molecular weight excluding hydrogens is 444 g/mol. The quantitative estimate of drug-likeness (QED) is 0.471. The largest absolute Gasteiger partial charge is 0.348 e. The topological polar surface area (TPSA) is 105 Å². The number of hydrogen-bond acceptors (Lipinski definition) is 9. The lowest BCUT2D eigenvalue weighted by atomic mass is 9.79. The third-order valence-corrected chi connectivity index (χ3v) is 7.90. The Labute approximate surface area is 193 Å². The number of aromatic amines is 1. The highest BCUT2D eigenvalue weighted by molar-refractivity contribution is 7.29. The van der Waals surface area contributed by atoms with E-state index in [9.17, 15) is 4.79 Å². The van der Waals surface area contributed by atoms with E-state index in [1.54, 1.807) is 23.7 Å². The Kier molecular flexibility index (Phi) is 4.95. The number of aromatic nitrogens is 6. The molecule has 9 nitrogen and oxygen atoms in total. The van der Waals surface area contributed by atoms with Crippen LogP contribution in [0.5, 0.6) is 0 Å². The molecule has 32 heavy (non-hydrogen) atoms. The summed E-state index contributed by atoms with van der Waals surface area (Å²) in [5.41, 5.74) is 1.30. The molecule has 1 aliphatic heterocycles. The zero-order chi connectivity index (χ0) is 22.7. The Hall–Kier alpha value is -2.63. The summed E-state index contributed by atoms with van der Waals surface area (Å²) in [4.78, 5) is 30.5. The van der Waals surface area contributed by atoms with Crippen LogP contribution in [-0.2, 0) is 0 Å². The van der Waals surface area contributed by atoms with Crippen molar-refractivity contribution >= 4 is 37.5 Å². The molecule has 0 radical (unpaired) electrons. The van der Waals surface area contributed by atoms with Crippen LogP contribution in [0, 0.1) is 0 Å². The van der Waals surface area contributed by atoms with E-state index in [1.807, 2.05) is 0 Å². The highest BCUT2D eigenvalue weighted by Crippen LogP contribution is 2.37. The Bertz CT molecular complexity index is 1270. The molecule has 1 fully saturated rings. The van der Waals surface area contributed by atoms with Crippen molar-refractivity contribution in [1.82, 2.24) is 35.0 Å². The van der Waals surface area contributed by atoms with Gasteiger partial charge in [0.1, 0.15) is 6.33 Å². The summed E-state index contributed by atoms with van der Waals surface area (Å²) in [5, 5.41) is 11.9. The first-order chi connectivity index (χ1) is 15.1. The second-order valence-corrected chi connectivity index (χ2v) is 11.6. The molecule has 0 unspecified atom stereocenters. The summed E-state index contributed by atoms with van der Waals surface area (Å²) >= 11 is 2.97. The molecule has 0 aliphatic carbocycles. The lowest BCUT2D eigenvalue weighted by molar-refractivity contribution is 0.161. The number of H-pyrrole nitrogens is 1. The second-order valence-electron chi connectivity index (χ2n) is 9.64. The fourth-order valence-corrected chi connectivity index (χ4v) is 6.71. The Morgan fingerprint density at radius 1 is 1.12 bits per heavy atom. The van der Waals surface area contributed by atoms with Crippen molar-refractivity contribution < 1.29 is 0 Å². The standard InChI is InChI=1S/C21H26N8OS2/c1-20(2)7-13(8-21(3,4)27-20)28(5)18-25-16-17(31-18)26-19(32-16)29-11-22-14(6-15(29)30)12-9-23-24-10-12/h6,9-11,13,27H,7-8H2,1-5H3,(H,23,24). The van der Waals surface area contributed by atoms with Crippen LogP contribution in [0.4, 0.5) is 5.13 Å². The molecule has 168 valence electrons. The van der Waals surface area contributed by atoms with Crippen LogP contribution in [0.2, 0.25) is 0 Å². The van der Waals surface area contributed by atoms with E-state index in [-0.39, 0.29) is 16.6 Å². The Morgan fingerprint density at radius 2 is 1.84 bits per heavy atom. The van der Waals surface area contributed by atoms with Gasteiger partial charge in [0.2, 0.25) is 5.13 Å². The Morgan fingerprint density at radius 3 is 2.47 bits per heavy atom. The predicted octanol–water partition coefficient (Wildman–Crippen LogP) is 3.43. The monoisotopic (exact) mass is 470 g/mol. The molecule has 4 aromatic heterocycles. The van der Waals surface area contributed by atoms with Crippen molar-refractivity contribution in [1.29, 1.82) is 0 Å². The molecule has 0 aromatic carbocycles. The molecule has 5 heterocycles. The molecule has 2 N–H and O–H groups in total. The molecule has 1 aliphatic rings. The fourth-order valence-electron chi connectivity index (χ4n) is 4.67. The van der Waals surface area contributed by atoms with Gasteiger partial charge in [-0.2, -0.15) is 5.10 Å². The van der Waals surface area contributed by atoms with Crippen molar-refractivity contribution in [2.45, 2.75) is 57.7 Å². The summed E-state index contributed by atoms with van der Waals surface area (Å²) in [6.07, 6.45) is 6.95. The SMILES string of the molecule is CN(c1nc2sc(-n3cnc(-c4cn[nH]c4)cc3=O)nc2s1)C1CC(C)(C)NC(C)(C)C1. The zero-order valence-electron chi connectivity index (χ0n) is 18.7. The first-order valence-electron chi connectivity index (χ1n) is 10.5. The van der Waals surface area contributed by atoms with Gasteiger partial charge in [-0.15, -0.1) is 0 Å². The number of nitrogens with one attached hydrogen (secondary N) is 2. The van der Waals surface area contributed by atoms with Crippen LogP contribution in [0.1, 0.15) is 40.5 Å². The van der Waals surface area contributed by atoms with Gasteiger partial charge >= 0.3 is 0 Å². The van der Waals surface area contributed by atoms with E-state index in [1.165, 1.54) is 28.3 Å². The minimum absolute atomic E-state index is 0.0670. The highest BCUT2D eigenvalue weighted by Gasteiger charge is 2.39. The molecule has 1 saturated heterocycles. The van der Waals surface area contributed by atoms with Gasteiger partial charge < -0.3 is 10.2 Å². The van der Waals surface area contributed by atoms with Gasteiger partial charge in [-0.1, -0.05) is 22.7 Å². The summed E-state index contributed by atoms with van der Waals surface area (Å²) in [6.45, 7) is 9.03. The zero-order valence-corrected chi connectivity index (χ0v) is 20.3. The second kappa shape index (κ2) is 7.46. The third-order valence-electron chi connectivity index (χ3n) is 5.78. The van der Waals surface area contributed by atoms with Crippen LogP contribution >= 0.6 is 22.7 Å². The summed E-state index contributed by atoms with van der Waals surface area (Å²) in [6, 6.07) is 1.89. The van der Waals surface area contributed by atoms with Crippen LogP contribution in [-0.4, -0.2) is 53.9 Å². The average Bonchev–Trinajstić information content (AvgIpc) is 3.41. The van der Waals surface area contributed by atoms with Crippen molar-refractivity contribution in [2.24, 2.45) is 0 Å². The summed E-state index contributed by atoms with van der Waals surface area (Å²) in [5.74, 6) is 0. The third kappa shape index (κ3) is 3.96. The van der Waals surface area contributed by atoms with Crippen molar-refractivity contribution in [3.05, 3.63) is 35.1 Å². The van der Waals surface area contributed by atoms with Gasteiger partial charge in [-0.3, -0.25) is 9.89 Å². The molecule has 11 heteroatoms. The average molecular weight is 471 g/mol. The number of hydrogen-bond donors (Lipinski definition) is 2. The van der Waals surface area contributed by atoms with E-state index in [0.717, 1.165) is 33.2 Å². The van der Waals surface area contributed by atoms with Gasteiger partial charge in [0, 0.05) is 42.0 Å². The number of fused-ring (bicyclic) bond motifs is 1. The first kappa shape index (κ1) is 21.2. The van der Waals surface area contributed by atoms with E-state index in [2.05, 4.69) is 65.1 Å². The minimum atomic E-state index is -0.186. The van der Waals surface area contributed by atoms with Crippen molar-refractivity contribution in [3.63, 3.8) is 0 Å². The molecular formula is C21H26N8OS2. The number of anilines is 1. The van der Waals surface area contributed by atoms with E-state index < -0.39 is 0 Å². The smallest absolute Gasteiger partial charge is 0.260 e. The molecule has 4 aromatic rings. The van der Waals surface area contributed by atoms with Crippen molar-refractivity contribution in [3.8, 4) is 16.4 Å². The summed E-state index contributed by atoms with van der Waals surface area (Å²) in [7, 11) is 2.12. The minimum Gasteiger partial charge on any atom is -0.348 e. The van der Waals surface area contributed by atoms with E-state index in [4.69, 9.17) is 4.98 Å². The van der Waals surface area contributed by atoms with Gasteiger partial charge in [0.15, 0.2) is 14.8 Å². The predicted molar refractivity (Wildman–Crippen MR) is 129 cm³/mol. The van der Waals surface area contributed by atoms with Crippen molar-refractivity contribution in [2.75, 3.05) is 11.9 Å². The van der Waals surface area contributed by atoms with Crippen LogP contribution in [0.25, 0.3) is 26.0 Å². The summed E-state index contributed by atoms with van der Waals surface area (Å²) < 4.78 is 1.46. The maximum absolute atomic E-state index is 12.7. The van der Waals surface area contributed by atoms with Crippen LogP contribution < -0.4 is 15.8 Å². The normalized spacial score (nSPS) is 18.3. The van der Waals surface area contributed by atoms with Gasteiger partial charge in [0.05, 0.1) is 11.9 Å². The van der Waals surface area contributed by atoms with Gasteiger partial charge in [-0.05, 0) is 40.5 Å². The van der Waals surface area contributed by atoms with E-state index >= 15 is 0 Å². The Balaban J connectivity index is 1.41.